The molecule has 0 bridgehead atoms. The highest BCUT2D eigenvalue weighted by Gasteiger charge is 2.37. The normalized spacial score (nSPS) is 18.9. The van der Waals surface area contributed by atoms with E-state index in [4.69, 9.17) is 0 Å². The number of hydrogen-bond donors (Lipinski definition) is 0. The van der Waals surface area contributed by atoms with E-state index in [1.165, 1.54) is 27.7 Å². The standard InChI is InChI=1S/C19H24N2O/c1-6-11-21-18(12(2)13(3)19(21)22)17-14(4)20(5)16-10-8-7-9-15(16)17/h7-10,18H,6,11H2,1-5H3/t18-/m0/s1. The fourth-order valence-electron chi connectivity index (χ4n) is 3.68. The lowest BCUT2D eigenvalue weighted by molar-refractivity contribution is -0.127. The highest BCUT2D eigenvalue weighted by molar-refractivity contribution is 5.98. The number of fused-ring (bicyclic) bond motifs is 1. The molecule has 1 atom stereocenters. The Morgan fingerprint density at radius 3 is 2.50 bits per heavy atom. The summed E-state index contributed by atoms with van der Waals surface area (Å²) in [6.07, 6.45) is 0.979. The molecule has 1 aromatic heterocycles. The highest BCUT2D eigenvalue weighted by atomic mass is 16.2. The molecule has 0 aliphatic carbocycles. The summed E-state index contributed by atoms with van der Waals surface area (Å²) in [6.45, 7) is 9.16. The van der Waals surface area contributed by atoms with E-state index in [0.29, 0.717) is 0 Å². The summed E-state index contributed by atoms with van der Waals surface area (Å²) >= 11 is 0. The molecule has 0 saturated heterocycles. The van der Waals surface area contributed by atoms with Crippen molar-refractivity contribution in [1.29, 1.82) is 0 Å². The van der Waals surface area contributed by atoms with Gasteiger partial charge in [-0.1, -0.05) is 25.1 Å². The van der Waals surface area contributed by atoms with Crippen LogP contribution in [0.15, 0.2) is 35.4 Å². The maximum atomic E-state index is 12.6. The molecular formula is C19H24N2O. The molecule has 0 saturated carbocycles. The zero-order valence-corrected chi connectivity index (χ0v) is 14.1. The first kappa shape index (κ1) is 14.9. The molecule has 3 rings (SSSR count). The van der Waals surface area contributed by atoms with Crippen molar-refractivity contribution in [2.75, 3.05) is 6.54 Å². The van der Waals surface area contributed by atoms with Crippen LogP contribution in [0.25, 0.3) is 10.9 Å². The fourth-order valence-corrected chi connectivity index (χ4v) is 3.68. The molecule has 116 valence electrons. The number of para-hydroxylation sites is 1. The molecule has 0 unspecified atom stereocenters. The van der Waals surface area contributed by atoms with Gasteiger partial charge >= 0.3 is 0 Å². The van der Waals surface area contributed by atoms with Crippen molar-refractivity contribution in [3.63, 3.8) is 0 Å². The molecule has 1 aliphatic heterocycles. The third-order valence-corrected chi connectivity index (χ3v) is 5.08. The number of aromatic nitrogens is 1. The average molecular weight is 296 g/mol. The van der Waals surface area contributed by atoms with E-state index in [2.05, 4.69) is 56.7 Å². The predicted octanol–water partition coefficient (Wildman–Crippen LogP) is 4.12. The van der Waals surface area contributed by atoms with Gasteiger partial charge in [-0.2, -0.15) is 0 Å². The SMILES string of the molecule is CCCN1C(=O)C(C)=C(C)[C@H]1c1c(C)n(C)c2ccccc12. The van der Waals surface area contributed by atoms with Gasteiger partial charge in [0.05, 0.1) is 6.04 Å². The van der Waals surface area contributed by atoms with E-state index in [-0.39, 0.29) is 11.9 Å². The average Bonchev–Trinajstić information content (AvgIpc) is 2.88. The van der Waals surface area contributed by atoms with Gasteiger partial charge in [-0.25, -0.2) is 0 Å². The van der Waals surface area contributed by atoms with Crippen LogP contribution < -0.4 is 0 Å². The van der Waals surface area contributed by atoms with Gasteiger partial charge in [-0.15, -0.1) is 0 Å². The van der Waals surface area contributed by atoms with Crippen LogP contribution in [0, 0.1) is 6.92 Å². The number of hydrogen-bond acceptors (Lipinski definition) is 1. The van der Waals surface area contributed by atoms with E-state index in [9.17, 15) is 4.79 Å². The van der Waals surface area contributed by atoms with Gasteiger partial charge in [-0.05, 0) is 38.8 Å². The van der Waals surface area contributed by atoms with Crippen molar-refractivity contribution in [3.05, 3.63) is 46.7 Å². The Hall–Kier alpha value is -2.03. The summed E-state index contributed by atoms with van der Waals surface area (Å²) < 4.78 is 2.24. The number of rotatable bonds is 3. The van der Waals surface area contributed by atoms with Crippen molar-refractivity contribution in [1.82, 2.24) is 9.47 Å². The zero-order chi connectivity index (χ0) is 16.0. The van der Waals surface area contributed by atoms with Crippen molar-refractivity contribution in [3.8, 4) is 0 Å². The minimum absolute atomic E-state index is 0.0820. The predicted molar refractivity (Wildman–Crippen MR) is 90.8 cm³/mol. The van der Waals surface area contributed by atoms with Gasteiger partial charge < -0.3 is 9.47 Å². The fraction of sp³-hybridized carbons (Fsp3) is 0.421. The van der Waals surface area contributed by atoms with Crippen LogP contribution in [0.5, 0.6) is 0 Å². The second kappa shape index (κ2) is 5.31. The first-order chi connectivity index (χ1) is 10.5. The number of carbonyl (C=O) groups excluding carboxylic acids is 1. The lowest BCUT2D eigenvalue weighted by Gasteiger charge is -2.27. The third-order valence-electron chi connectivity index (χ3n) is 5.08. The van der Waals surface area contributed by atoms with Crippen LogP contribution in [-0.2, 0) is 11.8 Å². The number of carbonyl (C=O) groups is 1. The van der Waals surface area contributed by atoms with Gasteiger partial charge in [0.1, 0.15) is 0 Å². The lowest BCUT2D eigenvalue weighted by atomic mass is 9.96. The summed E-state index contributed by atoms with van der Waals surface area (Å²) in [4.78, 5) is 14.6. The Bertz CT molecular complexity index is 782. The second-order valence-electron chi connectivity index (χ2n) is 6.28. The van der Waals surface area contributed by atoms with Gasteiger partial charge in [0, 0.05) is 41.3 Å². The smallest absolute Gasteiger partial charge is 0.250 e. The van der Waals surface area contributed by atoms with Crippen molar-refractivity contribution in [2.45, 2.75) is 40.2 Å². The van der Waals surface area contributed by atoms with Crippen molar-refractivity contribution >= 4 is 16.8 Å². The minimum atomic E-state index is 0.0820. The van der Waals surface area contributed by atoms with Gasteiger partial charge in [0.15, 0.2) is 0 Å². The van der Waals surface area contributed by atoms with Gasteiger partial charge in [0.2, 0.25) is 5.91 Å². The molecule has 2 aromatic rings. The monoisotopic (exact) mass is 296 g/mol. The molecule has 3 nitrogen and oxygen atoms in total. The molecule has 3 heteroatoms. The zero-order valence-electron chi connectivity index (χ0n) is 14.1. The van der Waals surface area contributed by atoms with Crippen molar-refractivity contribution < 1.29 is 4.79 Å². The van der Waals surface area contributed by atoms with E-state index in [1.54, 1.807) is 0 Å². The highest BCUT2D eigenvalue weighted by Crippen LogP contribution is 2.42. The third kappa shape index (κ3) is 1.92. The van der Waals surface area contributed by atoms with E-state index >= 15 is 0 Å². The Labute approximate surface area is 132 Å². The maximum absolute atomic E-state index is 12.6. The Morgan fingerprint density at radius 1 is 1.14 bits per heavy atom. The Balaban J connectivity index is 2.26. The van der Waals surface area contributed by atoms with Gasteiger partial charge in [0.25, 0.3) is 0 Å². The summed E-state index contributed by atoms with van der Waals surface area (Å²) in [5, 5.41) is 1.26. The number of nitrogens with zero attached hydrogens (tertiary/aromatic N) is 2. The summed E-state index contributed by atoms with van der Waals surface area (Å²) in [5.74, 6) is 0.191. The summed E-state index contributed by atoms with van der Waals surface area (Å²) in [7, 11) is 2.11. The van der Waals surface area contributed by atoms with E-state index in [0.717, 1.165) is 18.5 Å². The molecule has 2 heterocycles. The summed E-state index contributed by atoms with van der Waals surface area (Å²) in [6, 6.07) is 8.56. The minimum Gasteiger partial charge on any atom is -0.348 e. The molecule has 0 radical (unpaired) electrons. The van der Waals surface area contributed by atoms with Crippen LogP contribution >= 0.6 is 0 Å². The number of benzene rings is 1. The van der Waals surface area contributed by atoms with Crippen LogP contribution in [0.3, 0.4) is 0 Å². The molecule has 1 aliphatic rings. The van der Waals surface area contributed by atoms with Gasteiger partial charge in [-0.3, -0.25) is 4.79 Å². The Kier molecular flexibility index (Phi) is 3.59. The lowest BCUT2D eigenvalue weighted by Crippen LogP contribution is -2.31. The summed E-state index contributed by atoms with van der Waals surface area (Å²) in [5.41, 5.74) is 5.86. The van der Waals surface area contributed by atoms with Crippen LogP contribution in [-0.4, -0.2) is 21.9 Å². The molecule has 0 N–H and O–H groups in total. The van der Waals surface area contributed by atoms with E-state index < -0.39 is 0 Å². The quantitative estimate of drug-likeness (QED) is 0.836. The number of aryl methyl sites for hydroxylation is 1. The van der Waals surface area contributed by atoms with Crippen LogP contribution in [0.2, 0.25) is 0 Å². The first-order valence-electron chi connectivity index (χ1n) is 8.01. The molecule has 1 amide bonds. The number of amides is 1. The maximum Gasteiger partial charge on any atom is 0.250 e. The van der Waals surface area contributed by atoms with Crippen LogP contribution in [0.1, 0.15) is 44.5 Å². The molecule has 0 spiro atoms. The topological polar surface area (TPSA) is 25.2 Å². The van der Waals surface area contributed by atoms with Crippen molar-refractivity contribution in [2.24, 2.45) is 7.05 Å². The molecular weight excluding hydrogens is 272 g/mol. The Morgan fingerprint density at radius 2 is 1.82 bits per heavy atom. The second-order valence-corrected chi connectivity index (χ2v) is 6.28. The van der Waals surface area contributed by atoms with Crippen LogP contribution in [0.4, 0.5) is 0 Å². The van der Waals surface area contributed by atoms with E-state index in [1.807, 2.05) is 11.8 Å². The molecule has 22 heavy (non-hydrogen) atoms. The largest absolute Gasteiger partial charge is 0.348 e. The molecule has 0 fully saturated rings. The molecule has 1 aromatic carbocycles. The first-order valence-corrected chi connectivity index (χ1v) is 8.01.